The predicted molar refractivity (Wildman–Crippen MR) is 167 cm³/mol. The van der Waals surface area contributed by atoms with Crippen LogP contribution in [0.15, 0.2) is 20.8 Å². The Morgan fingerprint density at radius 2 is 1.00 bits per heavy atom. The van der Waals surface area contributed by atoms with E-state index >= 15 is 0 Å². The van der Waals surface area contributed by atoms with Crippen molar-refractivity contribution in [1.29, 1.82) is 0 Å². The molecule has 0 heterocycles. The summed E-state index contributed by atoms with van der Waals surface area (Å²) in [5, 5.41) is 1.26. The van der Waals surface area contributed by atoms with Crippen LogP contribution in [0, 0.1) is 17.8 Å². The number of unbranched alkanes of at least 4 members (excludes halogenated alkanes) is 6. The molecule has 0 amide bonds. The number of allylic oxidation sites excluding steroid dienone is 4. The van der Waals surface area contributed by atoms with Gasteiger partial charge in [0.25, 0.3) is 0 Å². The summed E-state index contributed by atoms with van der Waals surface area (Å²) in [6.07, 6.45) is 20.4. The van der Waals surface area contributed by atoms with Crippen LogP contribution in [0.4, 0.5) is 0 Å². The average Bonchev–Trinajstić information content (AvgIpc) is 3.26. The number of hydrogen-bond acceptors (Lipinski definition) is 3. The molecule has 38 heavy (non-hydrogen) atoms. The Morgan fingerprint density at radius 3 is 1.32 bits per heavy atom. The molecule has 5 heteroatoms. The third kappa shape index (κ3) is 12.0. The molecule has 1 rings (SSSR count). The summed E-state index contributed by atoms with van der Waals surface area (Å²) in [5.74, 6) is 2.47. The van der Waals surface area contributed by atoms with Gasteiger partial charge in [0.05, 0.1) is 0 Å². The van der Waals surface area contributed by atoms with Crippen molar-refractivity contribution in [3.05, 3.63) is 20.8 Å². The van der Waals surface area contributed by atoms with E-state index in [1.165, 1.54) is 102 Å². The van der Waals surface area contributed by atoms with E-state index in [1.807, 2.05) is 3.96 Å². The van der Waals surface area contributed by atoms with Crippen LogP contribution in [0.1, 0.15) is 132 Å². The summed E-state index contributed by atoms with van der Waals surface area (Å²) in [7, 11) is 2.48. The normalized spacial score (nSPS) is 15.4. The topological polar surface area (TPSA) is 27.7 Å². The quantitative estimate of drug-likeness (QED) is 0.0773. The van der Waals surface area contributed by atoms with Crippen molar-refractivity contribution in [2.45, 2.75) is 146 Å². The van der Waals surface area contributed by atoms with E-state index in [1.54, 1.807) is 21.3 Å². The van der Waals surface area contributed by atoms with Crippen LogP contribution in [0.5, 0.6) is 0 Å². The van der Waals surface area contributed by atoms with Gasteiger partial charge in [-0.05, 0) is 0 Å². The van der Waals surface area contributed by atoms with Gasteiger partial charge in [-0.15, -0.1) is 0 Å². The second-order valence-electron chi connectivity index (χ2n) is 12.5. The van der Waals surface area contributed by atoms with Gasteiger partial charge in [-0.3, -0.25) is 0 Å². The van der Waals surface area contributed by atoms with Crippen molar-refractivity contribution in [2.75, 3.05) is 21.3 Å². The molecule has 0 N–H and O–H groups in total. The molecule has 0 atom stereocenters. The van der Waals surface area contributed by atoms with Gasteiger partial charge in [0.1, 0.15) is 0 Å². The fourth-order valence-electron chi connectivity index (χ4n) is 5.54. The van der Waals surface area contributed by atoms with Crippen molar-refractivity contribution in [3.8, 4) is 0 Å². The molecule has 0 radical (unpaired) electrons. The molecule has 0 aromatic heterocycles. The van der Waals surface area contributed by atoms with Crippen LogP contribution in [0.25, 0.3) is 0 Å². The van der Waals surface area contributed by atoms with Crippen LogP contribution < -0.4 is 0 Å². The van der Waals surface area contributed by atoms with Gasteiger partial charge in [-0.2, -0.15) is 0 Å². The summed E-state index contributed by atoms with van der Waals surface area (Å²) in [6, 6.07) is 0. The van der Waals surface area contributed by atoms with Gasteiger partial charge in [-0.25, -0.2) is 0 Å². The Labute approximate surface area is 243 Å². The van der Waals surface area contributed by atoms with Crippen LogP contribution in [0.2, 0.25) is 14.4 Å². The third-order valence-corrected chi connectivity index (χ3v) is 23.9. The molecule has 230 valence electrons. The van der Waals surface area contributed by atoms with Crippen molar-refractivity contribution in [3.63, 3.8) is 0 Å². The maximum absolute atomic E-state index is 5.97. The maximum atomic E-state index is 5.97. The third-order valence-electron chi connectivity index (χ3n) is 7.89. The average molecular weight is 734 g/mol. The van der Waals surface area contributed by atoms with Gasteiger partial charge in [0.15, 0.2) is 0 Å². The molecular weight excluding hydrogens is 668 g/mol. The molecule has 1 aliphatic rings. The summed E-state index contributed by atoms with van der Waals surface area (Å²) < 4.78 is 19.8. The van der Waals surface area contributed by atoms with E-state index in [4.69, 9.17) is 13.3 Å². The Morgan fingerprint density at radius 1 is 0.632 bits per heavy atom. The Bertz CT molecular complexity index is 641. The van der Waals surface area contributed by atoms with E-state index in [2.05, 4.69) is 54.5 Å². The summed E-state index contributed by atoms with van der Waals surface area (Å²) in [6.45, 7) is 16.6. The molecule has 0 aromatic carbocycles. The Balaban J connectivity index is 3.22. The van der Waals surface area contributed by atoms with Gasteiger partial charge in [0.2, 0.25) is 0 Å². The summed E-state index contributed by atoms with van der Waals surface area (Å²) in [4.78, 5) is 4.53. The first-order chi connectivity index (χ1) is 18.1. The van der Waals surface area contributed by atoms with Crippen LogP contribution in [-0.4, -0.2) is 30.1 Å². The SMILES string of the molecule is CO[Si](OC)(OC)C1=CC[C]([Pt]([CH2]CCCCC(C)C)([CH2]CCCCC(C)C)[CH2]CCCCC(C)C)=C1C. The second-order valence-corrected chi connectivity index (χ2v) is 26.0. The monoisotopic (exact) mass is 733 g/mol. The first kappa shape index (κ1) is 36.3. The van der Waals surface area contributed by atoms with Gasteiger partial charge in [-0.1, -0.05) is 0 Å². The molecule has 0 bridgehead atoms. The van der Waals surface area contributed by atoms with Crippen molar-refractivity contribution in [1.82, 2.24) is 0 Å². The number of hydrogen-bond donors (Lipinski definition) is 0. The van der Waals surface area contributed by atoms with Crippen molar-refractivity contribution < 1.29 is 29.3 Å². The minimum atomic E-state index is -2.81. The van der Waals surface area contributed by atoms with E-state index in [0.717, 1.165) is 24.2 Å². The van der Waals surface area contributed by atoms with E-state index in [0.29, 0.717) is 0 Å². The molecule has 0 aliphatic heterocycles. The standard InChI is InChI=1S/C9H15O3Si.3C8H17.Pt/c1-8-6-5-7-9(8)13(10-2,11-3)12-4;3*1-4-5-6-7-8(2)3;/h7H,5H2,1-4H3;3*8H,1,4-7H2,2-3H3;. The van der Waals surface area contributed by atoms with E-state index < -0.39 is 24.9 Å². The fourth-order valence-corrected chi connectivity index (χ4v) is 21.3. The van der Waals surface area contributed by atoms with E-state index in [9.17, 15) is 0 Å². The molecule has 3 nitrogen and oxygen atoms in total. The van der Waals surface area contributed by atoms with Crippen molar-refractivity contribution >= 4 is 8.80 Å². The van der Waals surface area contributed by atoms with Gasteiger partial charge < -0.3 is 0 Å². The molecule has 0 aromatic rings. The zero-order valence-corrected chi connectivity index (χ0v) is 30.4. The second kappa shape index (κ2) is 19.4. The number of rotatable bonds is 23. The van der Waals surface area contributed by atoms with Crippen LogP contribution in [-0.2, 0) is 29.3 Å². The predicted octanol–water partition coefficient (Wildman–Crippen LogP) is 11.1. The molecule has 0 saturated heterocycles. The minimum absolute atomic E-state index is 0.823. The zero-order chi connectivity index (χ0) is 28.6. The molecular formula is C33H66O3PtSi. The Hall–Kier alpha value is 0.265. The zero-order valence-electron chi connectivity index (χ0n) is 27.2. The van der Waals surface area contributed by atoms with Gasteiger partial charge >= 0.3 is 244 Å². The molecule has 1 aliphatic carbocycles. The Kier molecular flexibility index (Phi) is 18.5. The van der Waals surface area contributed by atoms with Gasteiger partial charge in [0, 0.05) is 0 Å². The summed E-state index contributed by atoms with van der Waals surface area (Å²) >= 11 is -2.21. The van der Waals surface area contributed by atoms with Crippen LogP contribution >= 0.6 is 0 Å². The fraction of sp³-hybridized carbons (Fsp3) is 0.879. The van der Waals surface area contributed by atoms with Crippen molar-refractivity contribution in [2.24, 2.45) is 17.8 Å². The first-order valence-corrected chi connectivity index (χ1v) is 23.3. The first-order valence-electron chi connectivity index (χ1n) is 15.7. The van der Waals surface area contributed by atoms with Crippen LogP contribution in [0.3, 0.4) is 0 Å². The summed E-state index contributed by atoms with van der Waals surface area (Å²) in [5.41, 5.74) is 1.49. The molecule has 0 saturated carbocycles. The molecule has 0 fully saturated rings. The molecule has 0 unspecified atom stereocenters. The molecule has 0 spiro atoms. The van der Waals surface area contributed by atoms with E-state index in [-0.39, 0.29) is 0 Å².